The highest BCUT2D eigenvalue weighted by atomic mass is 16.5. The lowest BCUT2D eigenvalue weighted by atomic mass is 10.1. The van der Waals surface area contributed by atoms with Crippen molar-refractivity contribution in [3.8, 4) is 11.5 Å². The number of aromatic amines is 1. The average Bonchev–Trinajstić information content (AvgIpc) is 2.62. The third-order valence-corrected chi connectivity index (χ3v) is 3.67. The largest absolute Gasteiger partial charge is 0.493 e. The summed E-state index contributed by atoms with van der Waals surface area (Å²) in [7, 11) is 3.04. The molecule has 0 aliphatic heterocycles. The van der Waals surface area contributed by atoms with Crippen molar-refractivity contribution in [2.45, 2.75) is 0 Å². The number of carbonyl (C=O) groups excluding carboxylic acids is 1. The van der Waals surface area contributed by atoms with Crippen LogP contribution in [0.5, 0.6) is 11.5 Å². The van der Waals surface area contributed by atoms with E-state index in [2.05, 4.69) is 10.3 Å². The van der Waals surface area contributed by atoms with Crippen LogP contribution in [-0.2, 0) is 0 Å². The number of ether oxygens (including phenoxy) is 2. The fourth-order valence-electron chi connectivity index (χ4n) is 2.45. The molecular formula is C18H16N2O4. The van der Waals surface area contributed by atoms with E-state index in [1.807, 2.05) is 6.07 Å². The van der Waals surface area contributed by atoms with Gasteiger partial charge in [-0.1, -0.05) is 12.1 Å². The van der Waals surface area contributed by atoms with Crippen LogP contribution >= 0.6 is 0 Å². The Labute approximate surface area is 138 Å². The first kappa shape index (κ1) is 15.6. The number of hydrogen-bond acceptors (Lipinski definition) is 4. The average molecular weight is 324 g/mol. The second-order valence-electron chi connectivity index (χ2n) is 5.10. The van der Waals surface area contributed by atoms with E-state index in [4.69, 9.17) is 9.47 Å². The molecule has 0 spiro atoms. The summed E-state index contributed by atoms with van der Waals surface area (Å²) >= 11 is 0. The summed E-state index contributed by atoms with van der Waals surface area (Å²) in [4.78, 5) is 27.8. The number of methoxy groups -OCH3 is 2. The molecule has 1 heterocycles. The van der Waals surface area contributed by atoms with Gasteiger partial charge in [0.1, 0.15) is 5.56 Å². The zero-order valence-electron chi connectivity index (χ0n) is 13.3. The molecule has 3 aromatic rings. The van der Waals surface area contributed by atoms with Crippen LogP contribution < -0.4 is 20.2 Å². The third-order valence-electron chi connectivity index (χ3n) is 3.67. The van der Waals surface area contributed by atoms with Crippen molar-refractivity contribution in [2.75, 3.05) is 19.5 Å². The van der Waals surface area contributed by atoms with Crippen molar-refractivity contribution in [1.29, 1.82) is 0 Å². The third kappa shape index (κ3) is 2.81. The second kappa shape index (κ2) is 6.45. The summed E-state index contributed by atoms with van der Waals surface area (Å²) in [5, 5.41) is 3.17. The predicted molar refractivity (Wildman–Crippen MR) is 92.1 cm³/mol. The number of H-pyrrole nitrogens is 1. The molecule has 2 aromatic carbocycles. The zero-order valence-corrected chi connectivity index (χ0v) is 13.3. The Morgan fingerprint density at radius 3 is 2.54 bits per heavy atom. The van der Waals surface area contributed by atoms with Gasteiger partial charge >= 0.3 is 0 Å². The minimum atomic E-state index is -0.491. The Hall–Kier alpha value is -3.28. The topological polar surface area (TPSA) is 80.4 Å². The molecule has 0 saturated heterocycles. The molecule has 0 radical (unpaired) electrons. The van der Waals surface area contributed by atoms with Gasteiger partial charge < -0.3 is 19.8 Å². The van der Waals surface area contributed by atoms with Gasteiger partial charge in [0.25, 0.3) is 5.91 Å². The van der Waals surface area contributed by atoms with Gasteiger partial charge in [-0.25, -0.2) is 0 Å². The first-order valence-electron chi connectivity index (χ1n) is 7.28. The van der Waals surface area contributed by atoms with Crippen molar-refractivity contribution < 1.29 is 14.3 Å². The van der Waals surface area contributed by atoms with E-state index < -0.39 is 5.91 Å². The van der Waals surface area contributed by atoms with Crippen LogP contribution in [-0.4, -0.2) is 25.1 Å². The molecule has 2 N–H and O–H groups in total. The van der Waals surface area contributed by atoms with Crippen molar-refractivity contribution in [2.24, 2.45) is 0 Å². The fraction of sp³-hybridized carbons (Fsp3) is 0.111. The number of nitrogens with one attached hydrogen (secondary N) is 2. The van der Waals surface area contributed by atoms with Crippen LogP contribution in [0.15, 0.2) is 53.5 Å². The lowest BCUT2D eigenvalue weighted by molar-refractivity contribution is 0.102. The van der Waals surface area contributed by atoms with E-state index in [0.717, 1.165) is 0 Å². The number of aromatic nitrogens is 1. The molecule has 1 amide bonds. The molecular weight excluding hydrogens is 308 g/mol. The molecule has 3 rings (SSSR count). The van der Waals surface area contributed by atoms with Gasteiger partial charge in [-0.05, 0) is 24.3 Å². The molecule has 1 aromatic heterocycles. The summed E-state index contributed by atoms with van der Waals surface area (Å²) in [5.74, 6) is 0.552. The molecule has 0 aliphatic carbocycles. The van der Waals surface area contributed by atoms with Crippen LogP contribution in [0.1, 0.15) is 10.4 Å². The summed E-state index contributed by atoms with van der Waals surface area (Å²) in [5.41, 5.74) is 0.918. The van der Waals surface area contributed by atoms with Gasteiger partial charge in [-0.3, -0.25) is 9.59 Å². The van der Waals surface area contributed by atoms with Gasteiger partial charge in [0, 0.05) is 28.9 Å². The number of carbonyl (C=O) groups is 1. The molecule has 0 saturated carbocycles. The summed E-state index contributed by atoms with van der Waals surface area (Å²) in [6.07, 6.45) is 1.42. The van der Waals surface area contributed by atoms with Crippen molar-refractivity contribution >= 4 is 22.5 Å². The predicted octanol–water partition coefficient (Wildman–Crippen LogP) is 2.80. The van der Waals surface area contributed by atoms with Gasteiger partial charge in [-0.15, -0.1) is 0 Å². The Bertz CT molecular complexity index is 963. The summed E-state index contributed by atoms with van der Waals surface area (Å²) < 4.78 is 10.4. The lowest BCUT2D eigenvalue weighted by Crippen LogP contribution is -2.21. The molecule has 0 aliphatic rings. The van der Waals surface area contributed by atoms with Crippen LogP contribution in [0.3, 0.4) is 0 Å². The number of pyridine rings is 1. The number of hydrogen-bond donors (Lipinski definition) is 2. The zero-order chi connectivity index (χ0) is 17.1. The SMILES string of the molecule is COc1ccc(NC(=O)c2c[nH]c3ccccc3c2=O)cc1OC. The van der Waals surface area contributed by atoms with Gasteiger partial charge in [-0.2, -0.15) is 0 Å². The highest BCUT2D eigenvalue weighted by molar-refractivity contribution is 6.05. The Kier molecular flexibility index (Phi) is 4.20. The Morgan fingerprint density at radius 1 is 1.04 bits per heavy atom. The molecule has 24 heavy (non-hydrogen) atoms. The number of fused-ring (bicyclic) bond motifs is 1. The normalized spacial score (nSPS) is 10.4. The van der Waals surface area contributed by atoms with Crippen molar-refractivity contribution in [1.82, 2.24) is 4.98 Å². The minimum absolute atomic E-state index is 0.0449. The van der Waals surface area contributed by atoms with Crippen LogP contribution in [0.4, 0.5) is 5.69 Å². The number of rotatable bonds is 4. The first-order valence-corrected chi connectivity index (χ1v) is 7.28. The van der Waals surface area contributed by atoms with E-state index in [1.165, 1.54) is 20.4 Å². The minimum Gasteiger partial charge on any atom is -0.493 e. The maximum atomic E-state index is 12.5. The number of amides is 1. The molecule has 6 nitrogen and oxygen atoms in total. The van der Waals surface area contributed by atoms with Crippen molar-refractivity contribution in [3.63, 3.8) is 0 Å². The number of anilines is 1. The van der Waals surface area contributed by atoms with Crippen LogP contribution in [0.25, 0.3) is 10.9 Å². The van der Waals surface area contributed by atoms with E-state index in [-0.39, 0.29) is 11.0 Å². The summed E-state index contributed by atoms with van der Waals surface area (Å²) in [6.45, 7) is 0. The Balaban J connectivity index is 1.93. The highest BCUT2D eigenvalue weighted by Gasteiger charge is 2.14. The van der Waals surface area contributed by atoms with Gasteiger partial charge in [0.2, 0.25) is 5.43 Å². The number of para-hydroxylation sites is 1. The second-order valence-corrected chi connectivity index (χ2v) is 5.10. The van der Waals surface area contributed by atoms with Gasteiger partial charge in [0.05, 0.1) is 14.2 Å². The molecule has 6 heteroatoms. The maximum absolute atomic E-state index is 12.5. The van der Waals surface area contributed by atoms with Crippen LogP contribution in [0, 0.1) is 0 Å². The van der Waals surface area contributed by atoms with Crippen LogP contribution in [0.2, 0.25) is 0 Å². The molecule has 0 unspecified atom stereocenters. The monoisotopic (exact) mass is 324 g/mol. The lowest BCUT2D eigenvalue weighted by Gasteiger charge is -2.10. The molecule has 122 valence electrons. The molecule has 0 fully saturated rings. The smallest absolute Gasteiger partial charge is 0.261 e. The fourth-order valence-corrected chi connectivity index (χ4v) is 2.45. The number of benzene rings is 2. The molecule has 0 atom stereocenters. The van der Waals surface area contributed by atoms with E-state index in [1.54, 1.807) is 36.4 Å². The van der Waals surface area contributed by atoms with E-state index >= 15 is 0 Å². The quantitative estimate of drug-likeness (QED) is 0.773. The van der Waals surface area contributed by atoms with Gasteiger partial charge in [0.15, 0.2) is 11.5 Å². The van der Waals surface area contributed by atoms with E-state index in [0.29, 0.717) is 28.1 Å². The van der Waals surface area contributed by atoms with E-state index in [9.17, 15) is 9.59 Å². The molecule has 0 bridgehead atoms. The summed E-state index contributed by atoms with van der Waals surface area (Å²) in [6, 6.07) is 12.0. The standard InChI is InChI=1S/C18H16N2O4/c1-23-15-8-7-11(9-16(15)24-2)20-18(22)13-10-19-14-6-4-3-5-12(14)17(13)21/h3-10H,1-2H3,(H,19,21)(H,20,22). The first-order chi connectivity index (χ1) is 11.6. The highest BCUT2D eigenvalue weighted by Crippen LogP contribution is 2.29. The maximum Gasteiger partial charge on any atom is 0.261 e. The van der Waals surface area contributed by atoms with Crippen molar-refractivity contribution in [3.05, 3.63) is 64.4 Å². The Morgan fingerprint density at radius 2 is 1.79 bits per heavy atom.